The van der Waals surface area contributed by atoms with Crippen molar-refractivity contribution in [1.82, 2.24) is 0 Å². The summed E-state index contributed by atoms with van der Waals surface area (Å²) < 4.78 is 6.21. The maximum absolute atomic E-state index is 11.6. The average molecular weight is 335 g/mol. The number of carboxylic acids is 1. The second-order valence-corrected chi connectivity index (χ2v) is 8.61. The Morgan fingerprint density at radius 3 is 1.83 bits per heavy atom. The second kappa shape index (κ2) is 8.04. The van der Waals surface area contributed by atoms with Gasteiger partial charge < -0.3 is 9.84 Å². The molecule has 3 nitrogen and oxygen atoms in total. The number of carbonyl (C=O) groups is 1. The van der Waals surface area contributed by atoms with Crippen molar-refractivity contribution in [3.05, 3.63) is 28.8 Å². The number of hydrogen-bond donors (Lipinski definition) is 1. The van der Waals surface area contributed by atoms with Crippen LogP contribution < -0.4 is 4.74 Å². The highest BCUT2D eigenvalue weighted by molar-refractivity contribution is 5.88. The molecule has 24 heavy (non-hydrogen) atoms. The van der Waals surface area contributed by atoms with Crippen molar-refractivity contribution in [2.24, 2.45) is 0 Å². The topological polar surface area (TPSA) is 46.5 Å². The zero-order chi connectivity index (χ0) is 18.5. The van der Waals surface area contributed by atoms with Crippen molar-refractivity contribution in [3.8, 4) is 5.75 Å². The minimum atomic E-state index is -0.888. The van der Waals surface area contributed by atoms with Crippen molar-refractivity contribution in [3.63, 3.8) is 0 Å². The summed E-state index contributed by atoms with van der Waals surface area (Å²) in [6.45, 7) is 15.5. The van der Waals surface area contributed by atoms with Gasteiger partial charge in [-0.05, 0) is 29.4 Å². The largest absolute Gasteiger partial charge is 0.493 e. The molecule has 0 radical (unpaired) electrons. The predicted octanol–water partition coefficient (Wildman–Crippen LogP) is 5.94. The molecule has 1 aromatic rings. The molecule has 0 atom stereocenters. The molecule has 3 heteroatoms. The number of rotatable bonds is 7. The fourth-order valence-corrected chi connectivity index (χ4v) is 2.73. The number of hydrogen-bond acceptors (Lipinski definition) is 2. The van der Waals surface area contributed by atoms with E-state index in [4.69, 9.17) is 4.74 Å². The van der Waals surface area contributed by atoms with Gasteiger partial charge >= 0.3 is 5.97 Å². The normalized spacial score (nSPS) is 12.3. The molecule has 0 saturated carbocycles. The van der Waals surface area contributed by atoms with E-state index in [0.29, 0.717) is 12.2 Å². The fraction of sp³-hybridized carbons (Fsp3) is 0.667. The Balaban J connectivity index is 3.32. The third kappa shape index (κ3) is 5.54. The first-order chi connectivity index (χ1) is 11.0. The van der Waals surface area contributed by atoms with Gasteiger partial charge in [-0.1, -0.05) is 67.7 Å². The number of aromatic carboxylic acids is 1. The number of benzene rings is 1. The van der Waals surface area contributed by atoms with E-state index in [1.165, 1.54) is 19.3 Å². The molecule has 0 aromatic heterocycles. The third-order valence-corrected chi connectivity index (χ3v) is 4.20. The highest BCUT2D eigenvalue weighted by Crippen LogP contribution is 2.40. The highest BCUT2D eigenvalue weighted by Gasteiger charge is 2.29. The van der Waals surface area contributed by atoms with Crippen LogP contribution in [0.4, 0.5) is 0 Å². The van der Waals surface area contributed by atoms with Crippen LogP contribution in [0.1, 0.15) is 95.6 Å². The van der Waals surface area contributed by atoms with Crippen LogP contribution in [0.2, 0.25) is 0 Å². The minimum absolute atomic E-state index is 0.176. The molecule has 0 heterocycles. The molecule has 0 fully saturated rings. The minimum Gasteiger partial charge on any atom is -0.493 e. The van der Waals surface area contributed by atoms with Gasteiger partial charge in [0.1, 0.15) is 5.75 Å². The Morgan fingerprint density at radius 2 is 1.46 bits per heavy atom. The Bertz CT molecular complexity index is 524. The van der Waals surface area contributed by atoms with Gasteiger partial charge in [0.15, 0.2) is 0 Å². The molecular formula is C21H34O3. The summed E-state index contributed by atoms with van der Waals surface area (Å²) in [5.74, 6) is -0.0167. The summed E-state index contributed by atoms with van der Waals surface area (Å²) in [4.78, 5) is 11.6. The lowest BCUT2D eigenvalue weighted by atomic mass is 9.78. The van der Waals surface area contributed by atoms with E-state index in [-0.39, 0.29) is 10.8 Å². The first kappa shape index (κ1) is 20.5. The lowest BCUT2D eigenvalue weighted by molar-refractivity contribution is 0.0696. The summed E-state index contributed by atoms with van der Waals surface area (Å²) in [6.07, 6.45) is 4.62. The standard InChI is InChI=1S/C21H34O3/c1-8-9-10-11-12-24-18-16(20(2,3)4)13-15(19(22)23)14-17(18)21(5,6)7/h13-14H,8-12H2,1-7H3,(H,22,23). The molecule has 1 aromatic carbocycles. The molecule has 0 amide bonds. The molecular weight excluding hydrogens is 300 g/mol. The third-order valence-electron chi connectivity index (χ3n) is 4.20. The number of carboxylic acid groups (broad SMARTS) is 1. The van der Waals surface area contributed by atoms with Crippen LogP contribution in [0.15, 0.2) is 12.1 Å². The van der Waals surface area contributed by atoms with Gasteiger partial charge in [-0.2, -0.15) is 0 Å². The molecule has 1 rings (SSSR count). The molecule has 0 saturated heterocycles. The first-order valence-corrected chi connectivity index (χ1v) is 9.03. The van der Waals surface area contributed by atoms with Crippen molar-refractivity contribution >= 4 is 5.97 Å². The van der Waals surface area contributed by atoms with Crippen molar-refractivity contribution in [2.75, 3.05) is 6.61 Å². The van der Waals surface area contributed by atoms with E-state index in [1.54, 1.807) is 12.1 Å². The van der Waals surface area contributed by atoms with Gasteiger partial charge in [0, 0.05) is 11.1 Å². The molecule has 1 N–H and O–H groups in total. The Hall–Kier alpha value is -1.51. The van der Waals surface area contributed by atoms with Crippen molar-refractivity contribution in [2.45, 2.75) is 85.0 Å². The van der Waals surface area contributed by atoms with E-state index in [9.17, 15) is 9.90 Å². The van der Waals surface area contributed by atoms with Gasteiger partial charge in [0.25, 0.3) is 0 Å². The first-order valence-electron chi connectivity index (χ1n) is 9.03. The summed E-state index contributed by atoms with van der Waals surface area (Å²) in [5.41, 5.74) is 1.93. The van der Waals surface area contributed by atoms with Crippen LogP contribution >= 0.6 is 0 Å². The van der Waals surface area contributed by atoms with Crippen LogP contribution in [0.5, 0.6) is 5.75 Å². The molecule has 0 aliphatic heterocycles. The molecule has 0 bridgehead atoms. The van der Waals surface area contributed by atoms with E-state index < -0.39 is 5.97 Å². The lowest BCUT2D eigenvalue weighted by Crippen LogP contribution is -2.21. The van der Waals surface area contributed by atoms with Gasteiger partial charge in [-0.15, -0.1) is 0 Å². The number of ether oxygens (including phenoxy) is 1. The summed E-state index contributed by atoms with van der Waals surface area (Å²) in [6, 6.07) is 3.55. The predicted molar refractivity (Wildman–Crippen MR) is 100 cm³/mol. The van der Waals surface area contributed by atoms with Gasteiger partial charge in [-0.3, -0.25) is 0 Å². The zero-order valence-corrected chi connectivity index (χ0v) is 16.5. The van der Waals surface area contributed by atoms with Crippen molar-refractivity contribution < 1.29 is 14.6 Å². The van der Waals surface area contributed by atoms with E-state index in [2.05, 4.69) is 48.5 Å². The Morgan fingerprint density at radius 1 is 0.958 bits per heavy atom. The molecule has 0 aliphatic rings. The summed E-state index contributed by atoms with van der Waals surface area (Å²) in [7, 11) is 0. The van der Waals surface area contributed by atoms with Gasteiger partial charge in [0.2, 0.25) is 0 Å². The monoisotopic (exact) mass is 334 g/mol. The van der Waals surface area contributed by atoms with E-state index in [0.717, 1.165) is 23.3 Å². The second-order valence-electron chi connectivity index (χ2n) is 8.61. The summed E-state index contributed by atoms with van der Waals surface area (Å²) in [5, 5.41) is 9.49. The van der Waals surface area contributed by atoms with E-state index in [1.807, 2.05) is 0 Å². The van der Waals surface area contributed by atoms with Crippen LogP contribution in [0.25, 0.3) is 0 Å². The van der Waals surface area contributed by atoms with Gasteiger partial charge in [-0.25, -0.2) is 4.79 Å². The van der Waals surface area contributed by atoms with Crippen LogP contribution in [-0.2, 0) is 10.8 Å². The quantitative estimate of drug-likeness (QED) is 0.628. The molecule has 0 unspecified atom stereocenters. The highest BCUT2D eigenvalue weighted by atomic mass is 16.5. The molecule has 0 aliphatic carbocycles. The average Bonchev–Trinajstić information content (AvgIpc) is 2.44. The van der Waals surface area contributed by atoms with Crippen molar-refractivity contribution in [1.29, 1.82) is 0 Å². The Labute approximate surface area is 147 Å². The van der Waals surface area contributed by atoms with Crippen LogP contribution in [0, 0.1) is 0 Å². The smallest absolute Gasteiger partial charge is 0.335 e. The SMILES string of the molecule is CCCCCCOc1c(C(C)(C)C)cc(C(=O)O)cc1C(C)(C)C. The zero-order valence-electron chi connectivity index (χ0n) is 16.5. The van der Waals surface area contributed by atoms with Gasteiger partial charge in [0.05, 0.1) is 12.2 Å². The number of unbranched alkanes of at least 4 members (excludes halogenated alkanes) is 3. The maximum Gasteiger partial charge on any atom is 0.335 e. The molecule has 136 valence electrons. The Kier molecular flexibility index (Phi) is 6.88. The molecule has 0 spiro atoms. The lowest BCUT2D eigenvalue weighted by Gasteiger charge is -2.30. The van der Waals surface area contributed by atoms with Crippen LogP contribution in [-0.4, -0.2) is 17.7 Å². The van der Waals surface area contributed by atoms with Crippen LogP contribution in [0.3, 0.4) is 0 Å². The summed E-state index contributed by atoms with van der Waals surface area (Å²) >= 11 is 0. The maximum atomic E-state index is 11.6. The van der Waals surface area contributed by atoms with E-state index >= 15 is 0 Å². The fourth-order valence-electron chi connectivity index (χ4n) is 2.73.